The molecule has 19 heavy (non-hydrogen) atoms. The third-order valence-electron chi connectivity index (χ3n) is 2.18. The predicted molar refractivity (Wildman–Crippen MR) is 59.9 cm³/mol. The lowest BCUT2D eigenvalue weighted by molar-refractivity contribution is 0.0885. The Hall–Kier alpha value is -1.50. The zero-order valence-corrected chi connectivity index (χ0v) is 10.5. The van der Waals surface area contributed by atoms with Gasteiger partial charge in [-0.15, -0.1) is 0 Å². The van der Waals surface area contributed by atoms with Gasteiger partial charge in [0, 0.05) is 12.1 Å². The van der Waals surface area contributed by atoms with Gasteiger partial charge in [-0.2, -0.15) is 0 Å². The van der Waals surface area contributed by atoms with Crippen LogP contribution in [0.15, 0.2) is 4.99 Å². The van der Waals surface area contributed by atoms with E-state index in [-0.39, 0.29) is 12.1 Å². The Morgan fingerprint density at radius 2 is 1.32 bits per heavy atom. The smallest absolute Gasteiger partial charge is 0.200 e. The molecular formula is C12H12F5NO. The molecule has 0 atom stereocenters. The average molecular weight is 281 g/mol. The lowest BCUT2D eigenvalue weighted by Gasteiger charge is -2.16. The lowest BCUT2D eigenvalue weighted by atomic mass is 10.0. The van der Waals surface area contributed by atoms with Gasteiger partial charge in [-0.3, -0.25) is 4.99 Å². The SMILES string of the molecule is C/C(CC(C)(C)O)=N\c1c(F)c(F)c(F)c(F)c1F. The molecule has 106 valence electrons. The van der Waals surface area contributed by atoms with Crippen LogP contribution in [0.3, 0.4) is 0 Å². The highest BCUT2D eigenvalue weighted by atomic mass is 19.2. The molecule has 0 saturated carbocycles. The van der Waals surface area contributed by atoms with Gasteiger partial charge in [0.1, 0.15) is 5.69 Å². The van der Waals surface area contributed by atoms with Gasteiger partial charge in [0.05, 0.1) is 5.60 Å². The number of rotatable bonds is 3. The minimum Gasteiger partial charge on any atom is -0.390 e. The Balaban J connectivity index is 3.33. The standard InChI is InChI=1S/C12H12F5NO/c1-5(4-12(2,3)19)18-11-9(16)7(14)6(13)8(15)10(11)17/h19H,4H2,1-3H3/b18-5+. The van der Waals surface area contributed by atoms with Crippen molar-refractivity contribution in [1.29, 1.82) is 0 Å². The number of benzene rings is 1. The number of hydrogen-bond acceptors (Lipinski definition) is 2. The maximum Gasteiger partial charge on any atom is 0.200 e. The second-order valence-corrected chi connectivity index (χ2v) is 4.75. The van der Waals surface area contributed by atoms with Crippen molar-refractivity contribution in [1.82, 2.24) is 0 Å². The van der Waals surface area contributed by atoms with Crippen molar-refractivity contribution in [2.24, 2.45) is 4.99 Å². The number of halogens is 5. The summed E-state index contributed by atoms with van der Waals surface area (Å²) in [6.07, 6.45) is -0.0769. The number of aliphatic imine (C=N–C) groups is 1. The topological polar surface area (TPSA) is 32.6 Å². The molecule has 0 unspecified atom stereocenters. The van der Waals surface area contributed by atoms with Crippen molar-refractivity contribution < 1.29 is 27.1 Å². The summed E-state index contributed by atoms with van der Waals surface area (Å²) in [7, 11) is 0. The molecule has 0 saturated heterocycles. The molecule has 0 heterocycles. The van der Waals surface area contributed by atoms with E-state index in [9.17, 15) is 27.1 Å². The van der Waals surface area contributed by atoms with Crippen molar-refractivity contribution in [3.05, 3.63) is 29.1 Å². The Labute approximate surface area is 106 Å². The molecule has 1 rings (SSSR count). The van der Waals surface area contributed by atoms with Gasteiger partial charge < -0.3 is 5.11 Å². The zero-order valence-electron chi connectivity index (χ0n) is 10.5. The van der Waals surface area contributed by atoms with Gasteiger partial charge in [0.25, 0.3) is 0 Å². The fraction of sp³-hybridized carbons (Fsp3) is 0.417. The monoisotopic (exact) mass is 281 g/mol. The molecule has 0 aliphatic carbocycles. The normalized spacial score (nSPS) is 13.0. The first-order valence-electron chi connectivity index (χ1n) is 5.32. The van der Waals surface area contributed by atoms with Crippen LogP contribution in [0.5, 0.6) is 0 Å². The van der Waals surface area contributed by atoms with Crippen LogP contribution < -0.4 is 0 Å². The van der Waals surface area contributed by atoms with E-state index in [2.05, 4.69) is 4.99 Å². The Bertz CT molecular complexity index is 505. The Morgan fingerprint density at radius 3 is 1.68 bits per heavy atom. The summed E-state index contributed by atoms with van der Waals surface area (Å²) in [5.74, 6) is -10.3. The van der Waals surface area contributed by atoms with E-state index in [0.717, 1.165) is 0 Å². The molecule has 1 N–H and O–H groups in total. The molecule has 1 aromatic rings. The molecule has 0 aromatic heterocycles. The summed E-state index contributed by atoms with van der Waals surface area (Å²) >= 11 is 0. The molecule has 0 amide bonds. The van der Waals surface area contributed by atoms with Crippen LogP contribution >= 0.6 is 0 Å². The van der Waals surface area contributed by atoms with Crippen molar-refractivity contribution in [3.8, 4) is 0 Å². The first-order chi connectivity index (χ1) is 8.54. The summed E-state index contributed by atoms with van der Waals surface area (Å²) in [6, 6.07) is 0. The van der Waals surface area contributed by atoms with Gasteiger partial charge in [-0.1, -0.05) is 0 Å². The molecular weight excluding hydrogens is 269 g/mol. The highest BCUT2D eigenvalue weighted by Crippen LogP contribution is 2.30. The predicted octanol–water partition coefficient (Wildman–Crippen LogP) is 3.64. The number of nitrogens with zero attached hydrogens (tertiary/aromatic N) is 1. The molecule has 0 aliphatic heterocycles. The average Bonchev–Trinajstić information content (AvgIpc) is 2.27. The van der Waals surface area contributed by atoms with Crippen molar-refractivity contribution in [2.45, 2.75) is 32.8 Å². The van der Waals surface area contributed by atoms with Crippen molar-refractivity contribution >= 4 is 11.4 Å². The van der Waals surface area contributed by atoms with Crippen molar-refractivity contribution in [3.63, 3.8) is 0 Å². The number of aliphatic hydroxyl groups is 1. The van der Waals surface area contributed by atoms with Crippen LogP contribution in [0.25, 0.3) is 0 Å². The van der Waals surface area contributed by atoms with Crippen LogP contribution in [-0.2, 0) is 0 Å². The summed E-state index contributed by atoms with van der Waals surface area (Å²) < 4.78 is 65.2. The fourth-order valence-corrected chi connectivity index (χ4v) is 1.55. The first kappa shape index (κ1) is 15.6. The van der Waals surface area contributed by atoms with Crippen LogP contribution in [0.4, 0.5) is 27.6 Å². The first-order valence-corrected chi connectivity index (χ1v) is 5.32. The van der Waals surface area contributed by atoms with E-state index in [1.54, 1.807) is 0 Å². The fourth-order valence-electron chi connectivity index (χ4n) is 1.55. The van der Waals surface area contributed by atoms with E-state index in [1.807, 2.05) is 0 Å². The van der Waals surface area contributed by atoms with Crippen LogP contribution in [-0.4, -0.2) is 16.4 Å². The largest absolute Gasteiger partial charge is 0.390 e. The molecule has 7 heteroatoms. The van der Waals surface area contributed by atoms with E-state index < -0.39 is 40.4 Å². The summed E-state index contributed by atoms with van der Waals surface area (Å²) in [4.78, 5) is 3.37. The van der Waals surface area contributed by atoms with E-state index in [1.165, 1.54) is 20.8 Å². The van der Waals surface area contributed by atoms with Crippen LogP contribution in [0.2, 0.25) is 0 Å². The van der Waals surface area contributed by atoms with Gasteiger partial charge in [0.15, 0.2) is 23.3 Å². The van der Waals surface area contributed by atoms with Crippen LogP contribution in [0.1, 0.15) is 27.2 Å². The molecule has 0 fully saturated rings. The molecule has 2 nitrogen and oxygen atoms in total. The molecule has 0 bridgehead atoms. The Kier molecular flexibility index (Phi) is 4.29. The second kappa shape index (κ2) is 5.24. The lowest BCUT2D eigenvalue weighted by Crippen LogP contribution is -2.22. The molecule has 1 aromatic carbocycles. The minimum absolute atomic E-state index is 0.0377. The molecule has 0 spiro atoms. The third-order valence-corrected chi connectivity index (χ3v) is 2.18. The zero-order chi connectivity index (χ0) is 15.0. The minimum atomic E-state index is -2.23. The maximum absolute atomic E-state index is 13.3. The van der Waals surface area contributed by atoms with Crippen LogP contribution in [0, 0.1) is 29.1 Å². The number of hydrogen-bond donors (Lipinski definition) is 1. The van der Waals surface area contributed by atoms with E-state index >= 15 is 0 Å². The molecule has 0 aliphatic rings. The Morgan fingerprint density at radius 1 is 0.947 bits per heavy atom. The third kappa shape index (κ3) is 3.50. The summed E-state index contributed by atoms with van der Waals surface area (Å²) in [6.45, 7) is 4.16. The highest BCUT2D eigenvalue weighted by molar-refractivity contribution is 5.85. The summed E-state index contributed by atoms with van der Waals surface area (Å²) in [5.41, 5.74) is -2.42. The maximum atomic E-state index is 13.3. The van der Waals surface area contributed by atoms with Gasteiger partial charge in [-0.05, 0) is 20.8 Å². The van der Waals surface area contributed by atoms with Gasteiger partial charge in [-0.25, -0.2) is 22.0 Å². The molecule has 0 radical (unpaired) electrons. The van der Waals surface area contributed by atoms with Gasteiger partial charge in [0.2, 0.25) is 5.82 Å². The second-order valence-electron chi connectivity index (χ2n) is 4.75. The van der Waals surface area contributed by atoms with Crippen molar-refractivity contribution in [2.75, 3.05) is 0 Å². The quantitative estimate of drug-likeness (QED) is 0.390. The summed E-state index contributed by atoms with van der Waals surface area (Å²) in [5, 5.41) is 9.48. The van der Waals surface area contributed by atoms with E-state index in [0.29, 0.717) is 0 Å². The highest BCUT2D eigenvalue weighted by Gasteiger charge is 2.26. The van der Waals surface area contributed by atoms with E-state index in [4.69, 9.17) is 0 Å². The van der Waals surface area contributed by atoms with Gasteiger partial charge >= 0.3 is 0 Å².